The minimum atomic E-state index is 0.790. The van der Waals surface area contributed by atoms with E-state index in [1.165, 1.54) is 16.8 Å². The van der Waals surface area contributed by atoms with Gasteiger partial charge in [0.2, 0.25) is 0 Å². The Balaban J connectivity index is 2.23. The molecule has 1 aliphatic rings. The Hall–Kier alpha value is -1.87. The lowest BCUT2D eigenvalue weighted by molar-refractivity contribution is 0.122. The van der Waals surface area contributed by atoms with Gasteiger partial charge in [0.15, 0.2) is 0 Å². The second-order valence-electron chi connectivity index (χ2n) is 5.70. The Kier molecular flexibility index (Phi) is 5.96. The fraction of sp³-hybridized carbons (Fsp3) is 0.421. The first kappa shape index (κ1) is 16.5. The smallest absolute Gasteiger partial charge is 0.0642 e. The van der Waals surface area contributed by atoms with Crippen molar-refractivity contribution in [2.24, 2.45) is 4.99 Å². The second kappa shape index (κ2) is 7.95. The molecule has 1 heterocycles. The van der Waals surface area contributed by atoms with Gasteiger partial charge in [-0.2, -0.15) is 0 Å². The van der Waals surface area contributed by atoms with Crippen LogP contribution in [0.3, 0.4) is 0 Å². The van der Waals surface area contributed by atoms with Gasteiger partial charge in [-0.1, -0.05) is 24.3 Å². The van der Waals surface area contributed by atoms with Gasteiger partial charge in [-0.15, -0.1) is 6.58 Å². The molecule has 0 atom stereocenters. The van der Waals surface area contributed by atoms with E-state index in [9.17, 15) is 0 Å². The Morgan fingerprint density at radius 3 is 2.64 bits per heavy atom. The number of anilines is 1. The highest BCUT2D eigenvalue weighted by molar-refractivity contribution is 6.01. The minimum Gasteiger partial charge on any atom is -0.378 e. The van der Waals surface area contributed by atoms with Crippen molar-refractivity contribution >= 4 is 17.5 Å². The van der Waals surface area contributed by atoms with E-state index in [1.54, 1.807) is 0 Å². The summed E-state index contributed by atoms with van der Waals surface area (Å²) in [5.41, 5.74) is 5.89. The van der Waals surface area contributed by atoms with Crippen molar-refractivity contribution in [2.45, 2.75) is 19.8 Å². The average molecular weight is 298 g/mol. The summed E-state index contributed by atoms with van der Waals surface area (Å²) in [5.74, 6) is 0. The second-order valence-corrected chi connectivity index (χ2v) is 5.70. The molecular weight excluding hydrogens is 272 g/mol. The summed E-state index contributed by atoms with van der Waals surface area (Å²) < 4.78 is 5.43. The van der Waals surface area contributed by atoms with Crippen LogP contribution in [0.5, 0.6) is 0 Å². The molecule has 118 valence electrons. The van der Waals surface area contributed by atoms with E-state index in [0.29, 0.717) is 0 Å². The van der Waals surface area contributed by atoms with E-state index in [0.717, 1.165) is 50.4 Å². The molecule has 0 bridgehead atoms. The van der Waals surface area contributed by atoms with E-state index in [4.69, 9.17) is 4.74 Å². The molecule has 1 fully saturated rings. The van der Waals surface area contributed by atoms with Gasteiger partial charge >= 0.3 is 0 Å². The van der Waals surface area contributed by atoms with Crippen molar-refractivity contribution in [3.05, 3.63) is 48.1 Å². The van der Waals surface area contributed by atoms with E-state index < -0.39 is 0 Å². The molecule has 22 heavy (non-hydrogen) atoms. The highest BCUT2D eigenvalue weighted by atomic mass is 16.5. The summed E-state index contributed by atoms with van der Waals surface area (Å²) in [5, 5.41) is 0. The number of nitrogens with zero attached hydrogens (tertiary/aromatic N) is 2. The highest BCUT2D eigenvalue weighted by Gasteiger charge is 2.15. The Morgan fingerprint density at radius 1 is 1.32 bits per heavy atom. The molecule has 0 unspecified atom stereocenters. The third-order valence-corrected chi connectivity index (χ3v) is 3.99. The number of ether oxygens (including phenoxy) is 1. The average Bonchev–Trinajstić information content (AvgIpc) is 2.55. The predicted octanol–water partition coefficient (Wildman–Crippen LogP) is 3.94. The molecular formula is C19H26N2O. The molecule has 0 saturated carbocycles. The van der Waals surface area contributed by atoms with Crippen molar-refractivity contribution in [3.63, 3.8) is 0 Å². The van der Waals surface area contributed by atoms with Crippen molar-refractivity contribution in [3.8, 4) is 0 Å². The van der Waals surface area contributed by atoms with Gasteiger partial charge in [-0.3, -0.25) is 4.99 Å². The fourth-order valence-corrected chi connectivity index (χ4v) is 2.71. The van der Waals surface area contributed by atoms with Crippen LogP contribution < -0.4 is 4.90 Å². The summed E-state index contributed by atoms with van der Waals surface area (Å²) in [4.78, 5) is 6.82. The van der Waals surface area contributed by atoms with Crippen LogP contribution in [0.1, 0.15) is 30.9 Å². The molecule has 0 amide bonds. The summed E-state index contributed by atoms with van der Waals surface area (Å²) in [6.07, 6.45) is 3.83. The monoisotopic (exact) mass is 298 g/mol. The maximum absolute atomic E-state index is 5.43. The van der Waals surface area contributed by atoms with E-state index >= 15 is 0 Å². The SMILES string of the molecule is C=Cc1cc(/C(CCC(=C)C)=N/C)ccc1N1CCOCC1. The van der Waals surface area contributed by atoms with Crippen LogP contribution in [-0.4, -0.2) is 39.1 Å². The summed E-state index contributed by atoms with van der Waals surface area (Å²) in [6.45, 7) is 13.5. The van der Waals surface area contributed by atoms with Gasteiger partial charge in [0, 0.05) is 31.5 Å². The van der Waals surface area contributed by atoms with E-state index in [2.05, 4.69) is 48.2 Å². The first-order chi connectivity index (χ1) is 10.7. The standard InChI is InChI=1S/C19H26N2O/c1-5-16-14-17(18(20-4)8-6-15(2)3)7-9-19(16)21-10-12-22-13-11-21/h5,7,9,14H,1-2,6,8,10-13H2,3-4H3/b20-18+. The number of rotatable bonds is 6. The van der Waals surface area contributed by atoms with Gasteiger partial charge in [0.05, 0.1) is 13.2 Å². The van der Waals surface area contributed by atoms with Gasteiger partial charge in [-0.25, -0.2) is 0 Å². The van der Waals surface area contributed by atoms with Crippen molar-refractivity contribution in [2.75, 3.05) is 38.3 Å². The van der Waals surface area contributed by atoms with Crippen LogP contribution in [-0.2, 0) is 4.74 Å². The lowest BCUT2D eigenvalue weighted by Gasteiger charge is -2.30. The first-order valence-electron chi connectivity index (χ1n) is 7.85. The Morgan fingerprint density at radius 2 is 2.05 bits per heavy atom. The lowest BCUT2D eigenvalue weighted by Crippen LogP contribution is -2.36. The van der Waals surface area contributed by atoms with Crippen LogP contribution >= 0.6 is 0 Å². The predicted molar refractivity (Wildman–Crippen MR) is 96.1 cm³/mol. The van der Waals surface area contributed by atoms with Crippen LogP contribution in [0.25, 0.3) is 6.08 Å². The molecule has 3 heteroatoms. The van der Waals surface area contributed by atoms with Crippen LogP contribution in [0, 0.1) is 0 Å². The maximum atomic E-state index is 5.43. The van der Waals surface area contributed by atoms with Crippen LogP contribution in [0.2, 0.25) is 0 Å². The largest absolute Gasteiger partial charge is 0.378 e. The summed E-state index contributed by atoms with van der Waals surface area (Å²) in [6, 6.07) is 6.54. The van der Waals surface area contributed by atoms with Gasteiger partial charge in [-0.05, 0) is 43.0 Å². The van der Waals surface area contributed by atoms with Crippen molar-refractivity contribution < 1.29 is 4.74 Å². The zero-order chi connectivity index (χ0) is 15.9. The number of aliphatic imine (C=N–C) groups is 1. The normalized spacial score (nSPS) is 15.7. The quantitative estimate of drug-likeness (QED) is 0.587. The van der Waals surface area contributed by atoms with E-state index in [-0.39, 0.29) is 0 Å². The topological polar surface area (TPSA) is 24.8 Å². The minimum absolute atomic E-state index is 0.790. The molecule has 1 saturated heterocycles. The third kappa shape index (κ3) is 4.08. The number of allylic oxidation sites excluding steroid dienone is 1. The van der Waals surface area contributed by atoms with Gasteiger partial charge < -0.3 is 9.64 Å². The molecule has 0 aromatic heterocycles. The van der Waals surface area contributed by atoms with Crippen molar-refractivity contribution in [1.82, 2.24) is 0 Å². The molecule has 1 aromatic carbocycles. The zero-order valence-electron chi connectivity index (χ0n) is 13.8. The first-order valence-corrected chi connectivity index (χ1v) is 7.85. The Labute approximate surface area is 134 Å². The number of hydrogen-bond acceptors (Lipinski definition) is 3. The number of hydrogen-bond donors (Lipinski definition) is 0. The molecule has 0 spiro atoms. The zero-order valence-corrected chi connectivity index (χ0v) is 13.8. The number of morpholine rings is 1. The molecule has 0 N–H and O–H groups in total. The molecule has 0 aliphatic carbocycles. The molecule has 1 aromatic rings. The summed E-state index contributed by atoms with van der Waals surface area (Å²) >= 11 is 0. The van der Waals surface area contributed by atoms with Crippen LogP contribution in [0.15, 0.2) is 41.9 Å². The fourth-order valence-electron chi connectivity index (χ4n) is 2.71. The number of benzene rings is 1. The highest BCUT2D eigenvalue weighted by Crippen LogP contribution is 2.25. The summed E-state index contributed by atoms with van der Waals surface area (Å²) in [7, 11) is 1.86. The van der Waals surface area contributed by atoms with Gasteiger partial charge in [0.25, 0.3) is 0 Å². The van der Waals surface area contributed by atoms with E-state index in [1.807, 2.05) is 13.1 Å². The Bertz CT molecular complexity index is 569. The maximum Gasteiger partial charge on any atom is 0.0642 e. The van der Waals surface area contributed by atoms with Crippen molar-refractivity contribution in [1.29, 1.82) is 0 Å². The van der Waals surface area contributed by atoms with Gasteiger partial charge in [0.1, 0.15) is 0 Å². The molecule has 2 rings (SSSR count). The molecule has 3 nitrogen and oxygen atoms in total. The molecule has 1 aliphatic heterocycles. The molecule has 0 radical (unpaired) electrons. The van der Waals surface area contributed by atoms with Crippen LogP contribution in [0.4, 0.5) is 5.69 Å². The lowest BCUT2D eigenvalue weighted by atomic mass is 9.99. The third-order valence-electron chi connectivity index (χ3n) is 3.99.